The predicted octanol–water partition coefficient (Wildman–Crippen LogP) is 3.12. The van der Waals surface area contributed by atoms with Gasteiger partial charge in [-0.05, 0) is 49.5 Å². The molecule has 0 aliphatic carbocycles. The molecule has 158 valence electrons. The van der Waals surface area contributed by atoms with Crippen LogP contribution in [-0.2, 0) is 9.53 Å². The number of hydrogen-bond acceptors (Lipinski definition) is 6. The van der Waals surface area contributed by atoms with Gasteiger partial charge in [-0.1, -0.05) is 30.1 Å². The smallest absolute Gasteiger partial charge is 0.312 e. The van der Waals surface area contributed by atoms with E-state index in [0.717, 1.165) is 57.2 Å². The number of anilines is 1. The second-order valence-electron chi connectivity index (χ2n) is 9.43. The standard InChI is InChI=1S/C23H33N3O2S/c1-29-26-11-8-23(9-12-26)13-21(28-22(23)27)7-10-24-14-18-16-25(17-19(18)15-24)20-5-3-2-4-6-20/h2-6,18-19,21H,7-17H2,1H3. The third-order valence-electron chi connectivity index (χ3n) is 7.71. The summed E-state index contributed by atoms with van der Waals surface area (Å²) in [5.74, 6) is 1.65. The minimum atomic E-state index is -0.186. The maximum Gasteiger partial charge on any atom is 0.312 e. The Hall–Kier alpha value is -1.24. The van der Waals surface area contributed by atoms with Gasteiger partial charge in [-0.25, -0.2) is 0 Å². The number of ether oxygens (including phenoxy) is 1. The number of para-hydroxylation sites is 1. The Morgan fingerprint density at radius 3 is 2.41 bits per heavy atom. The van der Waals surface area contributed by atoms with Crippen molar-refractivity contribution in [3.63, 3.8) is 0 Å². The summed E-state index contributed by atoms with van der Waals surface area (Å²) < 4.78 is 8.22. The molecule has 0 N–H and O–H groups in total. The van der Waals surface area contributed by atoms with E-state index in [-0.39, 0.29) is 17.5 Å². The first-order chi connectivity index (χ1) is 14.1. The minimum Gasteiger partial charge on any atom is -0.462 e. The van der Waals surface area contributed by atoms with Gasteiger partial charge in [0.25, 0.3) is 0 Å². The number of carbonyl (C=O) groups is 1. The zero-order valence-corrected chi connectivity index (χ0v) is 18.3. The molecule has 29 heavy (non-hydrogen) atoms. The van der Waals surface area contributed by atoms with Gasteiger partial charge < -0.3 is 14.5 Å². The van der Waals surface area contributed by atoms with Gasteiger partial charge >= 0.3 is 5.97 Å². The second kappa shape index (κ2) is 8.12. The zero-order valence-electron chi connectivity index (χ0n) is 17.5. The minimum absolute atomic E-state index is 0.0834. The lowest BCUT2D eigenvalue weighted by molar-refractivity contribution is -0.150. The number of rotatable bonds is 5. The number of nitrogens with zero attached hydrogens (tertiary/aromatic N) is 3. The number of piperidine rings is 1. The zero-order chi connectivity index (χ0) is 19.8. The number of cyclic esters (lactones) is 1. The first-order valence-electron chi connectivity index (χ1n) is 11.2. The van der Waals surface area contributed by atoms with E-state index in [2.05, 4.69) is 50.7 Å². The van der Waals surface area contributed by atoms with Crippen molar-refractivity contribution < 1.29 is 9.53 Å². The van der Waals surface area contributed by atoms with E-state index >= 15 is 0 Å². The highest BCUT2D eigenvalue weighted by molar-refractivity contribution is 7.96. The molecule has 5 nitrogen and oxygen atoms in total. The van der Waals surface area contributed by atoms with Gasteiger partial charge in [-0.3, -0.25) is 9.10 Å². The fourth-order valence-electron chi connectivity index (χ4n) is 5.95. The van der Waals surface area contributed by atoms with Crippen LogP contribution in [0.1, 0.15) is 25.7 Å². The molecule has 1 aromatic carbocycles. The number of hydrogen-bond donors (Lipinski definition) is 0. The fourth-order valence-corrected chi connectivity index (χ4v) is 6.50. The van der Waals surface area contributed by atoms with Crippen molar-refractivity contribution >= 4 is 23.6 Å². The molecule has 5 rings (SSSR count). The molecule has 4 aliphatic heterocycles. The third-order valence-corrected chi connectivity index (χ3v) is 8.59. The Labute approximate surface area is 178 Å². The van der Waals surface area contributed by atoms with Crippen LogP contribution in [0.5, 0.6) is 0 Å². The fraction of sp³-hybridized carbons (Fsp3) is 0.696. The Morgan fingerprint density at radius 2 is 1.76 bits per heavy atom. The molecule has 3 unspecified atom stereocenters. The summed E-state index contributed by atoms with van der Waals surface area (Å²) in [5, 5.41) is 0. The lowest BCUT2D eigenvalue weighted by Gasteiger charge is -2.35. The van der Waals surface area contributed by atoms with Crippen molar-refractivity contribution in [2.75, 3.05) is 57.0 Å². The predicted molar refractivity (Wildman–Crippen MR) is 118 cm³/mol. The lowest BCUT2D eigenvalue weighted by atomic mass is 9.76. The van der Waals surface area contributed by atoms with Crippen molar-refractivity contribution in [1.82, 2.24) is 9.21 Å². The Balaban J connectivity index is 1.09. The second-order valence-corrected chi connectivity index (χ2v) is 10.3. The van der Waals surface area contributed by atoms with E-state index in [4.69, 9.17) is 4.74 Å². The van der Waals surface area contributed by atoms with Crippen LogP contribution in [0.3, 0.4) is 0 Å². The summed E-state index contributed by atoms with van der Waals surface area (Å²) in [6.07, 6.45) is 6.12. The highest BCUT2D eigenvalue weighted by Gasteiger charge is 2.50. The van der Waals surface area contributed by atoms with E-state index in [9.17, 15) is 4.79 Å². The van der Waals surface area contributed by atoms with E-state index in [0.29, 0.717) is 0 Å². The summed E-state index contributed by atoms with van der Waals surface area (Å²) in [6, 6.07) is 10.8. The number of fused-ring (bicyclic) bond motifs is 1. The number of benzene rings is 1. The number of carbonyl (C=O) groups excluding carboxylic acids is 1. The molecule has 4 saturated heterocycles. The number of likely N-dealkylation sites (tertiary alicyclic amines) is 1. The van der Waals surface area contributed by atoms with Crippen LogP contribution in [-0.4, -0.2) is 73.3 Å². The first kappa shape index (κ1) is 19.7. The number of esters is 1. The van der Waals surface area contributed by atoms with Crippen LogP contribution >= 0.6 is 11.9 Å². The van der Waals surface area contributed by atoms with Crippen LogP contribution in [0.15, 0.2) is 30.3 Å². The van der Waals surface area contributed by atoms with Crippen molar-refractivity contribution in [3.05, 3.63) is 30.3 Å². The molecule has 4 fully saturated rings. The summed E-state index contributed by atoms with van der Waals surface area (Å²) in [6.45, 7) is 7.85. The highest BCUT2D eigenvalue weighted by Crippen LogP contribution is 2.45. The topological polar surface area (TPSA) is 36.0 Å². The lowest BCUT2D eigenvalue weighted by Crippen LogP contribution is -2.39. The molecule has 0 amide bonds. The summed E-state index contributed by atoms with van der Waals surface area (Å²) in [4.78, 5) is 17.8. The SMILES string of the molecule is CSN1CCC2(CC1)CC(CCN1CC3CN(c4ccccc4)CC3C1)OC2=O. The highest BCUT2D eigenvalue weighted by atomic mass is 32.2. The van der Waals surface area contributed by atoms with Gasteiger partial charge in [0.1, 0.15) is 6.10 Å². The van der Waals surface area contributed by atoms with E-state index < -0.39 is 0 Å². The molecule has 0 aromatic heterocycles. The molecule has 4 heterocycles. The molecule has 1 aromatic rings. The van der Waals surface area contributed by atoms with E-state index in [1.807, 2.05) is 0 Å². The van der Waals surface area contributed by atoms with Gasteiger partial charge in [0.05, 0.1) is 5.41 Å². The van der Waals surface area contributed by atoms with Crippen LogP contribution in [0.4, 0.5) is 5.69 Å². The molecule has 3 atom stereocenters. The average Bonchev–Trinajstić information content (AvgIpc) is 3.40. The molecule has 1 spiro atoms. The Kier molecular flexibility index (Phi) is 5.52. The van der Waals surface area contributed by atoms with E-state index in [1.54, 1.807) is 11.9 Å². The van der Waals surface area contributed by atoms with E-state index in [1.165, 1.54) is 31.9 Å². The van der Waals surface area contributed by atoms with Crippen LogP contribution in [0.2, 0.25) is 0 Å². The first-order valence-corrected chi connectivity index (χ1v) is 12.4. The maximum absolute atomic E-state index is 12.6. The van der Waals surface area contributed by atoms with Crippen molar-refractivity contribution in [1.29, 1.82) is 0 Å². The van der Waals surface area contributed by atoms with Crippen molar-refractivity contribution in [3.8, 4) is 0 Å². The Bertz CT molecular complexity index is 708. The van der Waals surface area contributed by atoms with Crippen molar-refractivity contribution in [2.45, 2.75) is 31.8 Å². The summed E-state index contributed by atoms with van der Waals surface area (Å²) in [7, 11) is 0. The molecule has 0 bridgehead atoms. The summed E-state index contributed by atoms with van der Waals surface area (Å²) in [5.41, 5.74) is 1.18. The molecular formula is C23H33N3O2S. The van der Waals surface area contributed by atoms with Crippen LogP contribution in [0.25, 0.3) is 0 Å². The quantitative estimate of drug-likeness (QED) is 0.543. The average molecular weight is 416 g/mol. The monoisotopic (exact) mass is 415 g/mol. The van der Waals surface area contributed by atoms with Gasteiger partial charge in [0.15, 0.2) is 0 Å². The largest absolute Gasteiger partial charge is 0.462 e. The molecule has 0 saturated carbocycles. The van der Waals surface area contributed by atoms with Crippen LogP contribution < -0.4 is 4.90 Å². The van der Waals surface area contributed by atoms with Crippen LogP contribution in [0, 0.1) is 17.3 Å². The Morgan fingerprint density at radius 1 is 1.07 bits per heavy atom. The molecule has 4 aliphatic rings. The summed E-state index contributed by atoms with van der Waals surface area (Å²) >= 11 is 1.79. The van der Waals surface area contributed by atoms with Gasteiger partial charge in [0.2, 0.25) is 0 Å². The van der Waals surface area contributed by atoms with Gasteiger partial charge in [-0.2, -0.15) is 0 Å². The normalized spacial score (nSPS) is 32.1. The molecular weight excluding hydrogens is 382 g/mol. The van der Waals surface area contributed by atoms with Gasteiger partial charge in [0, 0.05) is 57.9 Å². The maximum atomic E-state index is 12.6. The molecule has 6 heteroatoms. The molecule has 0 radical (unpaired) electrons. The van der Waals surface area contributed by atoms with Crippen molar-refractivity contribution in [2.24, 2.45) is 17.3 Å². The third kappa shape index (κ3) is 3.91. The van der Waals surface area contributed by atoms with Gasteiger partial charge in [-0.15, -0.1) is 0 Å².